The van der Waals surface area contributed by atoms with E-state index in [4.69, 9.17) is 14.2 Å². The van der Waals surface area contributed by atoms with Crippen LogP contribution in [0.4, 0.5) is 0 Å². The summed E-state index contributed by atoms with van der Waals surface area (Å²) in [6.45, 7) is 2.34. The van der Waals surface area contributed by atoms with Crippen LogP contribution in [0.1, 0.15) is 28.4 Å². The number of hydrazone groups is 1. The monoisotopic (exact) mass is 432 g/mol. The predicted octanol–water partition coefficient (Wildman–Crippen LogP) is 3.97. The van der Waals surface area contributed by atoms with Gasteiger partial charge in [-0.15, -0.1) is 0 Å². The minimum atomic E-state index is -0.404. The number of ether oxygens (including phenoxy) is 3. The Morgan fingerprint density at radius 1 is 0.875 bits per heavy atom. The van der Waals surface area contributed by atoms with Crippen LogP contribution >= 0.6 is 0 Å². The largest absolute Gasteiger partial charge is 0.489 e. The normalized spacial score (nSPS) is 10.5. The van der Waals surface area contributed by atoms with Gasteiger partial charge < -0.3 is 14.2 Å². The first-order valence-corrected chi connectivity index (χ1v) is 10.1. The van der Waals surface area contributed by atoms with Crippen molar-refractivity contribution in [3.05, 3.63) is 95.6 Å². The number of nitrogens with zero attached hydrogens (tertiary/aromatic N) is 1. The maximum Gasteiger partial charge on any atom is 0.338 e. The number of carbonyl (C=O) groups excluding carboxylic acids is 2. The summed E-state index contributed by atoms with van der Waals surface area (Å²) in [5.41, 5.74) is 4.74. The van der Waals surface area contributed by atoms with Crippen molar-refractivity contribution in [2.45, 2.75) is 13.5 Å². The molecule has 0 aliphatic heterocycles. The Labute approximate surface area is 186 Å². The Morgan fingerprint density at radius 2 is 1.53 bits per heavy atom. The Morgan fingerprint density at radius 3 is 2.22 bits per heavy atom. The van der Waals surface area contributed by atoms with Crippen molar-refractivity contribution in [1.29, 1.82) is 0 Å². The van der Waals surface area contributed by atoms with Gasteiger partial charge in [0.25, 0.3) is 5.91 Å². The van der Waals surface area contributed by atoms with E-state index in [0.29, 0.717) is 24.5 Å². The molecule has 7 nitrogen and oxygen atoms in total. The van der Waals surface area contributed by atoms with E-state index in [2.05, 4.69) is 10.5 Å². The molecule has 0 aliphatic rings. The third-order valence-corrected chi connectivity index (χ3v) is 4.27. The lowest BCUT2D eigenvalue weighted by Crippen LogP contribution is -2.24. The third-order valence-electron chi connectivity index (χ3n) is 4.27. The zero-order chi connectivity index (χ0) is 22.6. The van der Waals surface area contributed by atoms with Crippen LogP contribution in [0.5, 0.6) is 11.5 Å². The van der Waals surface area contributed by atoms with E-state index in [1.807, 2.05) is 54.6 Å². The van der Waals surface area contributed by atoms with Gasteiger partial charge in [0.2, 0.25) is 0 Å². The van der Waals surface area contributed by atoms with Crippen LogP contribution in [0.2, 0.25) is 0 Å². The van der Waals surface area contributed by atoms with Gasteiger partial charge >= 0.3 is 5.97 Å². The molecule has 0 unspecified atom stereocenters. The van der Waals surface area contributed by atoms with Gasteiger partial charge in [0.05, 0.1) is 18.4 Å². The minimum Gasteiger partial charge on any atom is -0.489 e. The summed E-state index contributed by atoms with van der Waals surface area (Å²) < 4.78 is 16.0. The van der Waals surface area contributed by atoms with E-state index in [1.165, 1.54) is 6.21 Å². The fourth-order valence-electron chi connectivity index (χ4n) is 2.65. The lowest BCUT2D eigenvalue weighted by atomic mass is 10.2. The standard InChI is InChI=1S/C25H24N2O5/c1-2-30-25(29)21-10-14-23(15-11-21)32-18-24(28)27-26-16-19-8-12-22(13-9-19)31-17-20-6-4-3-5-7-20/h3-16H,2,17-18H2,1H3,(H,27,28)/b26-16+. The third kappa shape index (κ3) is 7.28. The van der Waals surface area contributed by atoms with Gasteiger partial charge in [0.1, 0.15) is 18.1 Å². The summed E-state index contributed by atoms with van der Waals surface area (Å²) in [5, 5.41) is 3.93. The molecule has 3 aromatic carbocycles. The number of rotatable bonds is 10. The second-order valence-electron chi connectivity index (χ2n) is 6.67. The number of nitrogens with one attached hydrogen (secondary N) is 1. The Balaban J connectivity index is 1.39. The molecule has 1 amide bonds. The summed E-state index contributed by atoms with van der Waals surface area (Å²) in [6.07, 6.45) is 1.53. The van der Waals surface area contributed by atoms with Crippen molar-refractivity contribution < 1.29 is 23.8 Å². The Kier molecular flexibility index (Phi) is 8.39. The molecule has 0 heterocycles. The van der Waals surface area contributed by atoms with Crippen LogP contribution in [-0.4, -0.2) is 31.3 Å². The van der Waals surface area contributed by atoms with Crippen molar-refractivity contribution in [3.63, 3.8) is 0 Å². The van der Waals surface area contributed by atoms with Gasteiger partial charge in [-0.05, 0) is 66.6 Å². The lowest BCUT2D eigenvalue weighted by Gasteiger charge is -2.07. The topological polar surface area (TPSA) is 86.2 Å². The van der Waals surface area contributed by atoms with Crippen LogP contribution < -0.4 is 14.9 Å². The van der Waals surface area contributed by atoms with Gasteiger partial charge in [0, 0.05) is 0 Å². The van der Waals surface area contributed by atoms with Gasteiger partial charge in [0.15, 0.2) is 6.61 Å². The van der Waals surface area contributed by atoms with Crippen molar-refractivity contribution in [2.75, 3.05) is 13.2 Å². The number of hydrogen-bond donors (Lipinski definition) is 1. The van der Waals surface area contributed by atoms with Crippen molar-refractivity contribution in [2.24, 2.45) is 5.10 Å². The highest BCUT2D eigenvalue weighted by molar-refractivity contribution is 5.89. The number of esters is 1. The van der Waals surface area contributed by atoms with E-state index in [-0.39, 0.29) is 6.61 Å². The molecule has 164 valence electrons. The average Bonchev–Trinajstić information content (AvgIpc) is 2.83. The smallest absolute Gasteiger partial charge is 0.338 e. The first-order chi connectivity index (χ1) is 15.6. The van der Waals surface area contributed by atoms with E-state index in [9.17, 15) is 9.59 Å². The molecule has 0 atom stereocenters. The molecule has 0 bridgehead atoms. The van der Waals surface area contributed by atoms with Gasteiger partial charge in [-0.1, -0.05) is 30.3 Å². The molecule has 0 fully saturated rings. The molecule has 0 spiro atoms. The maximum absolute atomic E-state index is 11.9. The summed E-state index contributed by atoms with van der Waals surface area (Å²) in [5.74, 6) is 0.404. The molecule has 0 saturated heterocycles. The summed E-state index contributed by atoms with van der Waals surface area (Å²) in [6, 6.07) is 23.7. The number of carbonyl (C=O) groups is 2. The minimum absolute atomic E-state index is 0.206. The van der Waals surface area contributed by atoms with Crippen molar-refractivity contribution in [3.8, 4) is 11.5 Å². The quantitative estimate of drug-likeness (QED) is 0.298. The second-order valence-corrected chi connectivity index (χ2v) is 6.67. The van der Waals surface area contributed by atoms with E-state index >= 15 is 0 Å². The molecule has 32 heavy (non-hydrogen) atoms. The molecule has 0 aliphatic carbocycles. The van der Waals surface area contributed by atoms with E-state index in [0.717, 1.165) is 16.9 Å². The number of benzene rings is 3. The molecule has 1 N–H and O–H groups in total. The van der Waals surface area contributed by atoms with Gasteiger partial charge in [-0.25, -0.2) is 10.2 Å². The van der Waals surface area contributed by atoms with Crippen LogP contribution in [0.3, 0.4) is 0 Å². The van der Waals surface area contributed by atoms with Gasteiger partial charge in [-0.3, -0.25) is 4.79 Å². The molecular weight excluding hydrogens is 408 g/mol. The fraction of sp³-hybridized carbons (Fsp3) is 0.160. The lowest BCUT2D eigenvalue weighted by molar-refractivity contribution is -0.123. The molecule has 3 rings (SSSR count). The number of hydrogen-bond acceptors (Lipinski definition) is 6. The van der Waals surface area contributed by atoms with Crippen molar-refractivity contribution in [1.82, 2.24) is 5.43 Å². The maximum atomic E-state index is 11.9. The molecular formula is C25H24N2O5. The molecule has 0 radical (unpaired) electrons. The summed E-state index contributed by atoms with van der Waals surface area (Å²) in [7, 11) is 0. The Bertz CT molecular complexity index is 1030. The van der Waals surface area contributed by atoms with E-state index < -0.39 is 11.9 Å². The second kappa shape index (κ2) is 11.9. The number of amides is 1. The first-order valence-electron chi connectivity index (χ1n) is 10.1. The highest BCUT2D eigenvalue weighted by Gasteiger charge is 2.07. The highest BCUT2D eigenvalue weighted by Crippen LogP contribution is 2.14. The predicted molar refractivity (Wildman–Crippen MR) is 121 cm³/mol. The zero-order valence-electron chi connectivity index (χ0n) is 17.7. The Hall–Kier alpha value is -4.13. The van der Waals surface area contributed by atoms with E-state index in [1.54, 1.807) is 31.2 Å². The SMILES string of the molecule is CCOC(=O)c1ccc(OCC(=O)N/N=C/c2ccc(OCc3ccccc3)cc2)cc1. The first kappa shape index (κ1) is 22.6. The molecule has 0 aromatic heterocycles. The summed E-state index contributed by atoms with van der Waals surface area (Å²) >= 11 is 0. The van der Waals surface area contributed by atoms with Crippen LogP contribution in [0, 0.1) is 0 Å². The fourth-order valence-corrected chi connectivity index (χ4v) is 2.65. The van der Waals surface area contributed by atoms with Gasteiger partial charge in [-0.2, -0.15) is 5.10 Å². The van der Waals surface area contributed by atoms with Crippen LogP contribution in [-0.2, 0) is 16.1 Å². The van der Waals surface area contributed by atoms with Crippen molar-refractivity contribution >= 4 is 18.1 Å². The average molecular weight is 432 g/mol. The summed E-state index contributed by atoms with van der Waals surface area (Å²) in [4.78, 5) is 23.5. The van der Waals surface area contributed by atoms with Crippen LogP contribution in [0.15, 0.2) is 84.0 Å². The molecule has 0 saturated carbocycles. The zero-order valence-corrected chi connectivity index (χ0v) is 17.7. The van der Waals surface area contributed by atoms with Crippen LogP contribution in [0.25, 0.3) is 0 Å². The highest BCUT2D eigenvalue weighted by atomic mass is 16.5. The molecule has 3 aromatic rings. The molecule has 7 heteroatoms.